The summed E-state index contributed by atoms with van der Waals surface area (Å²) in [5.74, 6) is -0.494. The number of carbonyl (C=O) groups excluding carboxylic acids is 1. The van der Waals surface area contributed by atoms with Gasteiger partial charge in [-0.3, -0.25) is 0 Å². The van der Waals surface area contributed by atoms with Gasteiger partial charge in [0.05, 0.1) is 6.10 Å². The van der Waals surface area contributed by atoms with Gasteiger partial charge in [-0.1, -0.05) is 6.42 Å². The molecule has 0 aromatic heterocycles. The smallest absolute Gasteiger partial charge is 0.326 e. The number of carboxylic acid groups (broad SMARTS) is 1. The standard InChI is InChI=1S/C12H20N2O4/c1-13(6-8-3-2-4-8)12(18)14-7-9(15)5-10(14)11(16)17/h8-10,15H,2-7H2,1H3,(H,16,17)/t9-,10+/m1/s1. The van der Waals surface area contributed by atoms with Crippen LogP contribution in [0.25, 0.3) is 0 Å². The predicted octanol–water partition coefficient (Wildman–Crippen LogP) is 0.358. The fourth-order valence-electron chi connectivity index (χ4n) is 2.62. The second-order valence-electron chi connectivity index (χ2n) is 5.36. The lowest BCUT2D eigenvalue weighted by molar-refractivity contribution is -0.141. The third-order valence-electron chi connectivity index (χ3n) is 3.89. The SMILES string of the molecule is CN(CC1CCC1)C(=O)N1C[C@H](O)C[C@H]1C(=O)O. The Morgan fingerprint density at radius 1 is 1.39 bits per heavy atom. The highest BCUT2D eigenvalue weighted by molar-refractivity contribution is 5.83. The summed E-state index contributed by atoms with van der Waals surface area (Å²) < 4.78 is 0. The zero-order valence-corrected chi connectivity index (χ0v) is 10.6. The van der Waals surface area contributed by atoms with Crippen LogP contribution in [0, 0.1) is 5.92 Å². The van der Waals surface area contributed by atoms with Crippen molar-refractivity contribution in [3.63, 3.8) is 0 Å². The van der Waals surface area contributed by atoms with Crippen LogP contribution in [0.2, 0.25) is 0 Å². The van der Waals surface area contributed by atoms with Crippen molar-refractivity contribution in [2.45, 2.75) is 37.8 Å². The number of hydrogen-bond acceptors (Lipinski definition) is 3. The predicted molar refractivity (Wildman–Crippen MR) is 64.1 cm³/mol. The summed E-state index contributed by atoms with van der Waals surface area (Å²) in [5.41, 5.74) is 0. The highest BCUT2D eigenvalue weighted by atomic mass is 16.4. The van der Waals surface area contributed by atoms with Crippen LogP contribution in [-0.4, -0.2) is 64.3 Å². The number of β-amino-alcohol motifs (C(OH)–C–C–N with tert-alkyl or cyclic N) is 1. The number of likely N-dealkylation sites (tertiary alicyclic amines) is 1. The molecule has 0 bridgehead atoms. The molecule has 0 aromatic carbocycles. The number of amides is 2. The maximum Gasteiger partial charge on any atom is 0.326 e. The summed E-state index contributed by atoms with van der Waals surface area (Å²) in [7, 11) is 1.70. The van der Waals surface area contributed by atoms with Crippen LogP contribution in [0.5, 0.6) is 0 Å². The van der Waals surface area contributed by atoms with Crippen LogP contribution in [0.15, 0.2) is 0 Å². The molecule has 2 rings (SSSR count). The zero-order valence-electron chi connectivity index (χ0n) is 10.6. The molecule has 2 N–H and O–H groups in total. The van der Waals surface area contributed by atoms with Gasteiger partial charge in [0.15, 0.2) is 0 Å². The lowest BCUT2D eigenvalue weighted by Gasteiger charge is -2.33. The number of rotatable bonds is 3. The zero-order chi connectivity index (χ0) is 13.3. The highest BCUT2D eigenvalue weighted by Gasteiger charge is 2.40. The van der Waals surface area contributed by atoms with Crippen molar-refractivity contribution in [3.05, 3.63) is 0 Å². The Kier molecular flexibility index (Phi) is 3.75. The molecule has 1 saturated heterocycles. The van der Waals surface area contributed by atoms with Crippen molar-refractivity contribution in [1.82, 2.24) is 9.80 Å². The van der Waals surface area contributed by atoms with E-state index in [2.05, 4.69) is 0 Å². The van der Waals surface area contributed by atoms with Crippen LogP contribution in [0.3, 0.4) is 0 Å². The van der Waals surface area contributed by atoms with E-state index < -0.39 is 18.1 Å². The number of aliphatic hydroxyl groups excluding tert-OH is 1. The topological polar surface area (TPSA) is 81.1 Å². The van der Waals surface area contributed by atoms with Crippen molar-refractivity contribution in [2.24, 2.45) is 5.92 Å². The van der Waals surface area contributed by atoms with E-state index in [0.717, 1.165) is 12.8 Å². The fourth-order valence-corrected chi connectivity index (χ4v) is 2.62. The van der Waals surface area contributed by atoms with Crippen LogP contribution in [-0.2, 0) is 4.79 Å². The van der Waals surface area contributed by atoms with Gasteiger partial charge in [-0.15, -0.1) is 0 Å². The molecule has 0 radical (unpaired) electrons. The van der Waals surface area contributed by atoms with Gasteiger partial charge in [-0.05, 0) is 18.8 Å². The molecule has 18 heavy (non-hydrogen) atoms. The van der Waals surface area contributed by atoms with E-state index in [9.17, 15) is 14.7 Å². The molecule has 2 fully saturated rings. The van der Waals surface area contributed by atoms with Crippen LogP contribution in [0.1, 0.15) is 25.7 Å². The van der Waals surface area contributed by atoms with Crippen LogP contribution in [0.4, 0.5) is 4.79 Å². The lowest BCUT2D eigenvalue weighted by atomic mass is 9.85. The number of hydrogen-bond donors (Lipinski definition) is 2. The van der Waals surface area contributed by atoms with Gasteiger partial charge in [0.25, 0.3) is 0 Å². The van der Waals surface area contributed by atoms with E-state index in [4.69, 9.17) is 5.11 Å². The first-order valence-corrected chi connectivity index (χ1v) is 6.41. The largest absolute Gasteiger partial charge is 0.480 e. The Hall–Kier alpha value is -1.30. The van der Waals surface area contributed by atoms with Gasteiger partial charge >= 0.3 is 12.0 Å². The summed E-state index contributed by atoms with van der Waals surface area (Å²) in [6, 6.07) is -1.18. The monoisotopic (exact) mass is 256 g/mol. The average molecular weight is 256 g/mol. The summed E-state index contributed by atoms with van der Waals surface area (Å²) >= 11 is 0. The minimum absolute atomic E-state index is 0.116. The third-order valence-corrected chi connectivity index (χ3v) is 3.89. The van der Waals surface area contributed by atoms with Crippen molar-refractivity contribution in [2.75, 3.05) is 20.1 Å². The van der Waals surface area contributed by atoms with Gasteiger partial charge in [-0.2, -0.15) is 0 Å². The summed E-state index contributed by atoms with van der Waals surface area (Å²) in [5, 5.41) is 18.6. The van der Waals surface area contributed by atoms with Crippen LogP contribution < -0.4 is 0 Å². The normalized spacial score (nSPS) is 28.0. The van der Waals surface area contributed by atoms with Crippen LogP contribution >= 0.6 is 0 Å². The molecule has 1 aliphatic carbocycles. The molecule has 102 valence electrons. The maximum absolute atomic E-state index is 12.2. The number of aliphatic carboxylic acids is 1. The molecule has 1 saturated carbocycles. The third kappa shape index (κ3) is 2.58. The van der Waals surface area contributed by atoms with Gasteiger partial charge in [0.1, 0.15) is 6.04 Å². The first kappa shape index (κ1) is 13.1. The molecule has 2 atom stereocenters. The first-order valence-electron chi connectivity index (χ1n) is 6.41. The van der Waals surface area contributed by atoms with E-state index in [1.165, 1.54) is 11.3 Å². The van der Waals surface area contributed by atoms with Crippen molar-refractivity contribution >= 4 is 12.0 Å². The quantitative estimate of drug-likeness (QED) is 0.764. The molecular weight excluding hydrogens is 236 g/mol. The Labute approximate surface area is 106 Å². The molecule has 6 nitrogen and oxygen atoms in total. The molecule has 0 aromatic rings. The van der Waals surface area contributed by atoms with E-state index in [0.29, 0.717) is 12.5 Å². The molecule has 0 unspecified atom stereocenters. The van der Waals surface area contributed by atoms with Crippen molar-refractivity contribution < 1.29 is 19.8 Å². The molecule has 2 aliphatic rings. The number of aliphatic hydroxyl groups is 1. The Morgan fingerprint density at radius 3 is 2.56 bits per heavy atom. The minimum Gasteiger partial charge on any atom is -0.480 e. The maximum atomic E-state index is 12.2. The Morgan fingerprint density at radius 2 is 2.06 bits per heavy atom. The molecule has 2 amide bonds. The van der Waals surface area contributed by atoms with E-state index in [1.54, 1.807) is 11.9 Å². The van der Waals surface area contributed by atoms with Crippen molar-refractivity contribution in [1.29, 1.82) is 0 Å². The highest BCUT2D eigenvalue weighted by Crippen LogP contribution is 2.27. The molecule has 0 spiro atoms. The summed E-state index contributed by atoms with van der Waals surface area (Å²) in [4.78, 5) is 26.1. The van der Waals surface area contributed by atoms with Crippen molar-refractivity contribution in [3.8, 4) is 0 Å². The first-order chi connectivity index (χ1) is 8.49. The second-order valence-corrected chi connectivity index (χ2v) is 5.36. The average Bonchev–Trinajstić information content (AvgIpc) is 2.64. The number of carboxylic acids is 1. The summed E-state index contributed by atoms with van der Waals surface area (Å²) in [6.45, 7) is 0.794. The van der Waals surface area contributed by atoms with Gasteiger partial charge < -0.3 is 20.0 Å². The molecule has 6 heteroatoms. The molecule has 1 aliphatic heterocycles. The van der Waals surface area contributed by atoms with E-state index in [1.807, 2.05) is 0 Å². The fraction of sp³-hybridized carbons (Fsp3) is 0.833. The number of urea groups is 1. The number of carbonyl (C=O) groups is 2. The van der Waals surface area contributed by atoms with Gasteiger partial charge in [0, 0.05) is 26.6 Å². The summed E-state index contributed by atoms with van der Waals surface area (Å²) in [6.07, 6.45) is 2.89. The van der Waals surface area contributed by atoms with Gasteiger partial charge in [0.2, 0.25) is 0 Å². The second kappa shape index (κ2) is 5.14. The molecule has 1 heterocycles. The van der Waals surface area contributed by atoms with E-state index in [-0.39, 0.29) is 19.0 Å². The van der Waals surface area contributed by atoms with Gasteiger partial charge in [-0.25, -0.2) is 9.59 Å². The van der Waals surface area contributed by atoms with E-state index >= 15 is 0 Å². The number of nitrogens with zero attached hydrogens (tertiary/aromatic N) is 2. The minimum atomic E-state index is -1.04. The Bertz CT molecular complexity index is 343. The lowest BCUT2D eigenvalue weighted by Crippen LogP contribution is -2.48. The molecular formula is C12H20N2O4. The Balaban J connectivity index is 1.95.